The van der Waals surface area contributed by atoms with Crippen molar-refractivity contribution in [3.05, 3.63) is 59.7 Å². The van der Waals surface area contributed by atoms with Crippen molar-refractivity contribution < 1.29 is 0 Å². The SMILES string of the molecule is C1=N\c2ccccc2/N=C\c2ccccc2/1. The Morgan fingerprint density at radius 2 is 1.00 bits per heavy atom. The molecular formula is C14H10N2. The van der Waals surface area contributed by atoms with Crippen molar-refractivity contribution in [1.29, 1.82) is 0 Å². The topological polar surface area (TPSA) is 24.7 Å². The minimum Gasteiger partial charge on any atom is -0.254 e. The van der Waals surface area contributed by atoms with Gasteiger partial charge in [0.1, 0.15) is 0 Å². The van der Waals surface area contributed by atoms with Crippen molar-refractivity contribution in [2.75, 3.05) is 0 Å². The van der Waals surface area contributed by atoms with Crippen molar-refractivity contribution >= 4 is 23.8 Å². The first-order valence-electron chi connectivity index (χ1n) is 5.20. The van der Waals surface area contributed by atoms with Crippen LogP contribution < -0.4 is 0 Å². The quantitative estimate of drug-likeness (QED) is 0.538. The van der Waals surface area contributed by atoms with Crippen LogP contribution in [0.1, 0.15) is 11.1 Å². The lowest BCUT2D eigenvalue weighted by atomic mass is 10.1. The van der Waals surface area contributed by atoms with Gasteiger partial charge in [0.2, 0.25) is 0 Å². The van der Waals surface area contributed by atoms with E-state index in [9.17, 15) is 0 Å². The van der Waals surface area contributed by atoms with E-state index >= 15 is 0 Å². The highest BCUT2D eigenvalue weighted by Gasteiger charge is 2.02. The van der Waals surface area contributed by atoms with E-state index < -0.39 is 0 Å². The van der Waals surface area contributed by atoms with Crippen LogP contribution in [0.2, 0.25) is 0 Å². The van der Waals surface area contributed by atoms with Crippen LogP contribution >= 0.6 is 0 Å². The highest BCUT2D eigenvalue weighted by atomic mass is 14.8. The van der Waals surface area contributed by atoms with Crippen LogP contribution in [0.5, 0.6) is 0 Å². The highest BCUT2D eigenvalue weighted by Crippen LogP contribution is 2.28. The Hall–Kier alpha value is -2.22. The van der Waals surface area contributed by atoms with Crippen LogP contribution in [-0.2, 0) is 0 Å². The van der Waals surface area contributed by atoms with Crippen molar-refractivity contribution in [1.82, 2.24) is 0 Å². The number of aliphatic imine (C=N–C) groups is 2. The summed E-state index contributed by atoms with van der Waals surface area (Å²) in [6, 6.07) is 16.0. The average molecular weight is 206 g/mol. The molecule has 0 unspecified atom stereocenters. The lowest BCUT2D eigenvalue weighted by Crippen LogP contribution is -1.92. The van der Waals surface area contributed by atoms with Gasteiger partial charge in [-0.1, -0.05) is 36.4 Å². The summed E-state index contributed by atoms with van der Waals surface area (Å²) in [5.74, 6) is 0. The molecule has 2 aromatic carbocycles. The molecular weight excluding hydrogens is 196 g/mol. The zero-order valence-electron chi connectivity index (χ0n) is 8.67. The Bertz CT molecular complexity index is 479. The molecule has 1 aliphatic heterocycles. The second kappa shape index (κ2) is 3.74. The number of para-hydroxylation sites is 2. The molecule has 0 aromatic heterocycles. The third-order valence-electron chi connectivity index (χ3n) is 2.56. The summed E-state index contributed by atoms with van der Waals surface area (Å²) in [5.41, 5.74) is 4.02. The van der Waals surface area contributed by atoms with E-state index in [1.165, 1.54) is 0 Å². The van der Waals surface area contributed by atoms with E-state index in [4.69, 9.17) is 0 Å². The molecule has 0 radical (unpaired) electrons. The number of rotatable bonds is 0. The Kier molecular flexibility index (Phi) is 2.11. The highest BCUT2D eigenvalue weighted by molar-refractivity contribution is 5.98. The smallest absolute Gasteiger partial charge is 0.0886 e. The van der Waals surface area contributed by atoms with Gasteiger partial charge in [-0.25, -0.2) is 0 Å². The largest absolute Gasteiger partial charge is 0.254 e. The molecule has 76 valence electrons. The van der Waals surface area contributed by atoms with Gasteiger partial charge < -0.3 is 0 Å². The minimum atomic E-state index is 0.910. The first-order valence-corrected chi connectivity index (χ1v) is 5.20. The standard InChI is InChI=1S/C14H10N2/c1-2-6-12-10-16-14-8-4-3-7-13(14)15-9-11(12)5-1/h1-10H/b11-9?,12-10?,15-9-,15-13?,16-10-,16-14?. The predicted octanol–water partition coefficient (Wildman–Crippen LogP) is 3.50. The van der Waals surface area contributed by atoms with Crippen LogP contribution in [0.25, 0.3) is 0 Å². The number of benzene rings is 2. The third-order valence-corrected chi connectivity index (χ3v) is 2.56. The van der Waals surface area contributed by atoms with E-state index in [-0.39, 0.29) is 0 Å². The van der Waals surface area contributed by atoms with Crippen molar-refractivity contribution in [3.63, 3.8) is 0 Å². The fourth-order valence-corrected chi connectivity index (χ4v) is 1.71. The summed E-state index contributed by atoms with van der Waals surface area (Å²) in [7, 11) is 0. The van der Waals surface area contributed by atoms with Crippen molar-refractivity contribution in [3.8, 4) is 0 Å². The van der Waals surface area contributed by atoms with E-state index in [2.05, 4.69) is 9.98 Å². The molecule has 2 aromatic rings. The second-order valence-electron chi connectivity index (χ2n) is 3.63. The van der Waals surface area contributed by atoms with E-state index in [1.807, 2.05) is 61.0 Å². The maximum Gasteiger partial charge on any atom is 0.0886 e. The number of nitrogens with zero attached hydrogens (tertiary/aromatic N) is 2. The van der Waals surface area contributed by atoms with Gasteiger partial charge in [-0.2, -0.15) is 0 Å². The van der Waals surface area contributed by atoms with Gasteiger partial charge in [-0.05, 0) is 12.1 Å². The molecule has 1 aliphatic rings. The zero-order chi connectivity index (χ0) is 10.8. The molecule has 2 nitrogen and oxygen atoms in total. The Morgan fingerprint density at radius 1 is 0.562 bits per heavy atom. The molecule has 0 aliphatic carbocycles. The molecule has 0 saturated heterocycles. The van der Waals surface area contributed by atoms with Gasteiger partial charge in [0.15, 0.2) is 0 Å². The average Bonchev–Trinajstić information content (AvgIpc) is 2.32. The molecule has 0 spiro atoms. The maximum absolute atomic E-state index is 4.45. The summed E-state index contributed by atoms with van der Waals surface area (Å²) in [6.45, 7) is 0. The molecule has 0 saturated carbocycles. The van der Waals surface area contributed by atoms with Crippen LogP contribution in [0.4, 0.5) is 11.4 Å². The van der Waals surface area contributed by atoms with Crippen LogP contribution in [0.3, 0.4) is 0 Å². The van der Waals surface area contributed by atoms with Crippen molar-refractivity contribution in [2.45, 2.75) is 0 Å². The van der Waals surface area contributed by atoms with E-state index in [0.717, 1.165) is 22.5 Å². The summed E-state index contributed by atoms with van der Waals surface area (Å²) in [4.78, 5) is 8.90. The van der Waals surface area contributed by atoms with Gasteiger partial charge in [-0.3, -0.25) is 9.98 Å². The molecule has 0 bridgehead atoms. The second-order valence-corrected chi connectivity index (χ2v) is 3.63. The minimum absolute atomic E-state index is 0.910. The van der Waals surface area contributed by atoms with Crippen molar-refractivity contribution in [2.24, 2.45) is 9.98 Å². The fourth-order valence-electron chi connectivity index (χ4n) is 1.71. The van der Waals surface area contributed by atoms with Gasteiger partial charge >= 0.3 is 0 Å². The summed E-state index contributed by atoms with van der Waals surface area (Å²) >= 11 is 0. The molecule has 16 heavy (non-hydrogen) atoms. The van der Waals surface area contributed by atoms with Gasteiger partial charge in [-0.15, -0.1) is 0 Å². The molecule has 1 heterocycles. The maximum atomic E-state index is 4.45. The predicted molar refractivity (Wildman–Crippen MR) is 67.4 cm³/mol. The number of hydrogen-bond donors (Lipinski definition) is 0. The Balaban J connectivity index is 2.18. The number of hydrogen-bond acceptors (Lipinski definition) is 2. The number of fused-ring (bicyclic) bond motifs is 2. The first kappa shape index (κ1) is 9.04. The Morgan fingerprint density at radius 3 is 1.50 bits per heavy atom. The van der Waals surface area contributed by atoms with Gasteiger partial charge in [0.25, 0.3) is 0 Å². The fraction of sp³-hybridized carbons (Fsp3) is 0. The molecule has 0 N–H and O–H groups in total. The van der Waals surface area contributed by atoms with Gasteiger partial charge in [0, 0.05) is 23.6 Å². The molecule has 3 rings (SSSR count). The lowest BCUT2D eigenvalue weighted by Gasteiger charge is -2.05. The summed E-state index contributed by atoms with van der Waals surface area (Å²) < 4.78 is 0. The van der Waals surface area contributed by atoms with Gasteiger partial charge in [0.05, 0.1) is 11.4 Å². The monoisotopic (exact) mass is 206 g/mol. The van der Waals surface area contributed by atoms with Crippen LogP contribution in [0.15, 0.2) is 58.5 Å². The molecule has 0 atom stereocenters. The summed E-state index contributed by atoms with van der Waals surface area (Å²) in [6.07, 6.45) is 3.78. The van der Waals surface area contributed by atoms with Crippen LogP contribution in [0, 0.1) is 0 Å². The molecule has 2 heteroatoms. The Labute approximate surface area is 94.0 Å². The third kappa shape index (κ3) is 1.54. The van der Waals surface area contributed by atoms with E-state index in [0.29, 0.717) is 0 Å². The molecule has 0 amide bonds. The van der Waals surface area contributed by atoms with E-state index in [1.54, 1.807) is 0 Å². The first-order chi connectivity index (χ1) is 7.93. The normalized spacial score (nSPS) is 16.5. The van der Waals surface area contributed by atoms with Crippen LogP contribution in [-0.4, -0.2) is 12.4 Å². The molecule has 0 fully saturated rings. The zero-order valence-corrected chi connectivity index (χ0v) is 8.67. The summed E-state index contributed by atoms with van der Waals surface area (Å²) in [5, 5.41) is 0. The lowest BCUT2D eigenvalue weighted by molar-refractivity contribution is 1.44.